The fourth-order valence-electron chi connectivity index (χ4n) is 9.26. The van der Waals surface area contributed by atoms with Gasteiger partial charge in [0.05, 0.1) is 11.1 Å². The van der Waals surface area contributed by atoms with E-state index in [1.54, 1.807) is 0 Å². The van der Waals surface area contributed by atoms with Crippen molar-refractivity contribution in [3.8, 4) is 33.4 Å². The molecule has 0 fully saturated rings. The van der Waals surface area contributed by atoms with E-state index in [-0.39, 0.29) is 0 Å². The van der Waals surface area contributed by atoms with E-state index in [4.69, 9.17) is 8.83 Å². The summed E-state index contributed by atoms with van der Waals surface area (Å²) >= 11 is 0. The van der Waals surface area contributed by atoms with Crippen LogP contribution in [0.5, 0.6) is 0 Å². The molecule has 2 heterocycles. The molecule has 0 radical (unpaired) electrons. The number of furan rings is 2. The third kappa shape index (κ3) is 5.29. The van der Waals surface area contributed by atoms with Crippen molar-refractivity contribution in [2.45, 2.75) is 0 Å². The summed E-state index contributed by atoms with van der Waals surface area (Å²) in [7, 11) is 0. The van der Waals surface area contributed by atoms with Crippen LogP contribution in [-0.2, 0) is 0 Å². The van der Waals surface area contributed by atoms with Crippen molar-refractivity contribution in [1.82, 2.24) is 0 Å². The third-order valence-corrected chi connectivity index (χ3v) is 11.9. The van der Waals surface area contributed by atoms with Crippen molar-refractivity contribution < 1.29 is 8.83 Å². The quantitative estimate of drug-likeness (QED) is 0.158. The van der Waals surface area contributed by atoms with Gasteiger partial charge in [-0.25, -0.2) is 0 Å². The Morgan fingerprint density at radius 1 is 0.288 bits per heavy atom. The van der Waals surface area contributed by atoms with Gasteiger partial charge in [-0.1, -0.05) is 164 Å². The summed E-state index contributed by atoms with van der Waals surface area (Å²) in [6.45, 7) is 0. The topological polar surface area (TPSA) is 29.5 Å². The van der Waals surface area contributed by atoms with Crippen LogP contribution in [0.4, 0.5) is 17.1 Å². The third-order valence-electron chi connectivity index (χ3n) is 11.9. The normalized spacial score (nSPS) is 11.7. The van der Waals surface area contributed by atoms with Gasteiger partial charge in [-0.3, -0.25) is 0 Å². The number of para-hydroxylation sites is 3. The minimum atomic E-state index is 0.855. The molecule has 3 heteroatoms. The van der Waals surface area contributed by atoms with E-state index in [1.165, 1.54) is 38.2 Å². The van der Waals surface area contributed by atoms with Crippen LogP contribution < -0.4 is 4.90 Å². The van der Waals surface area contributed by atoms with Crippen LogP contribution in [0.2, 0.25) is 0 Å². The summed E-state index contributed by atoms with van der Waals surface area (Å²) in [5.41, 5.74) is 13.7. The van der Waals surface area contributed by atoms with Crippen molar-refractivity contribution in [3.63, 3.8) is 0 Å². The van der Waals surface area contributed by atoms with Gasteiger partial charge in [0.25, 0.3) is 0 Å². The molecule has 0 bridgehead atoms. The Balaban J connectivity index is 1.05. The molecule has 0 aliphatic heterocycles. The Hall–Kier alpha value is -7.88. The zero-order valence-electron chi connectivity index (χ0n) is 32.0. The van der Waals surface area contributed by atoms with Gasteiger partial charge in [-0.15, -0.1) is 0 Å². The Labute approximate surface area is 340 Å². The molecule has 0 saturated heterocycles. The minimum absolute atomic E-state index is 0.855. The van der Waals surface area contributed by atoms with Crippen LogP contribution in [-0.4, -0.2) is 0 Å². The van der Waals surface area contributed by atoms with Crippen molar-refractivity contribution >= 4 is 82.5 Å². The Morgan fingerprint density at radius 3 is 1.42 bits per heavy atom. The van der Waals surface area contributed by atoms with Gasteiger partial charge in [0.15, 0.2) is 0 Å². The Kier molecular flexibility index (Phi) is 7.54. The first-order valence-electron chi connectivity index (χ1n) is 20.1. The first kappa shape index (κ1) is 33.3. The highest BCUT2D eigenvalue weighted by Crippen LogP contribution is 2.47. The monoisotopic (exact) mass is 753 g/mol. The van der Waals surface area contributed by atoms with E-state index in [0.29, 0.717) is 0 Å². The first-order valence-corrected chi connectivity index (χ1v) is 20.1. The summed E-state index contributed by atoms with van der Waals surface area (Å²) in [4.78, 5) is 2.36. The molecule has 12 rings (SSSR count). The summed E-state index contributed by atoms with van der Waals surface area (Å²) in [6.07, 6.45) is 0. The smallest absolute Gasteiger partial charge is 0.143 e. The number of hydrogen-bond donors (Lipinski definition) is 0. The van der Waals surface area contributed by atoms with Crippen molar-refractivity contribution in [1.29, 1.82) is 0 Å². The van der Waals surface area contributed by atoms with Crippen molar-refractivity contribution in [2.24, 2.45) is 0 Å². The van der Waals surface area contributed by atoms with Crippen LogP contribution in [0.25, 0.3) is 98.8 Å². The van der Waals surface area contributed by atoms with E-state index < -0.39 is 0 Å². The number of rotatable bonds is 6. The van der Waals surface area contributed by atoms with Crippen LogP contribution in [0.3, 0.4) is 0 Å². The van der Waals surface area contributed by atoms with Crippen molar-refractivity contribution in [2.75, 3.05) is 4.90 Å². The molecule has 0 aliphatic carbocycles. The molecular formula is C56H35NO2. The van der Waals surface area contributed by atoms with Gasteiger partial charge < -0.3 is 13.7 Å². The Bertz CT molecular complexity index is 3540. The number of anilines is 3. The second-order valence-corrected chi connectivity index (χ2v) is 15.2. The molecule has 12 aromatic rings. The fourth-order valence-corrected chi connectivity index (χ4v) is 9.26. The molecule has 0 atom stereocenters. The summed E-state index contributed by atoms with van der Waals surface area (Å²) in [5.74, 6) is 0. The molecule has 0 aliphatic rings. The lowest BCUT2D eigenvalue weighted by Gasteiger charge is -2.27. The predicted molar refractivity (Wildman–Crippen MR) is 247 cm³/mol. The van der Waals surface area contributed by atoms with Crippen LogP contribution in [0.15, 0.2) is 221 Å². The SMILES string of the molecule is c1ccc(-c2c(-c3ccc(N(c4ccc(-c5cccc6c5oc5ccccc56)cc4)c4cccc5oc6ccccc6c45)cc3)c3ccccc3c3ccccc23)cc1. The number of nitrogens with zero attached hydrogens (tertiary/aromatic N) is 1. The van der Waals surface area contributed by atoms with Gasteiger partial charge >= 0.3 is 0 Å². The van der Waals surface area contributed by atoms with E-state index in [1.807, 2.05) is 24.3 Å². The number of benzene rings is 10. The lowest BCUT2D eigenvalue weighted by Crippen LogP contribution is -2.10. The predicted octanol–water partition coefficient (Wildman–Crippen LogP) is 16.3. The first-order chi connectivity index (χ1) is 29.3. The van der Waals surface area contributed by atoms with E-state index in [2.05, 4.69) is 193 Å². The zero-order chi connectivity index (χ0) is 38.9. The Morgan fingerprint density at radius 2 is 0.763 bits per heavy atom. The van der Waals surface area contributed by atoms with Gasteiger partial charge in [0.1, 0.15) is 22.3 Å². The molecule has 10 aromatic carbocycles. The average molecular weight is 754 g/mol. The van der Waals surface area contributed by atoms with Gasteiger partial charge in [-0.05, 0) is 97.9 Å². The fraction of sp³-hybridized carbons (Fsp3) is 0. The van der Waals surface area contributed by atoms with Crippen molar-refractivity contribution in [3.05, 3.63) is 212 Å². The molecule has 2 aromatic heterocycles. The number of fused-ring (bicyclic) bond motifs is 9. The summed E-state index contributed by atoms with van der Waals surface area (Å²) in [5, 5.41) is 9.41. The maximum absolute atomic E-state index is 6.45. The molecule has 0 spiro atoms. The largest absolute Gasteiger partial charge is 0.456 e. The molecule has 0 unspecified atom stereocenters. The van der Waals surface area contributed by atoms with Crippen LogP contribution >= 0.6 is 0 Å². The van der Waals surface area contributed by atoms with Crippen LogP contribution in [0.1, 0.15) is 0 Å². The van der Waals surface area contributed by atoms with Crippen LogP contribution in [0, 0.1) is 0 Å². The maximum atomic E-state index is 6.45. The van der Waals surface area contributed by atoms with E-state index in [9.17, 15) is 0 Å². The van der Waals surface area contributed by atoms with Gasteiger partial charge in [0, 0.05) is 33.1 Å². The van der Waals surface area contributed by atoms with E-state index in [0.717, 1.165) is 77.6 Å². The number of hydrogen-bond acceptors (Lipinski definition) is 3. The molecule has 0 saturated carbocycles. The lowest BCUT2D eigenvalue weighted by molar-refractivity contribution is 0.669. The zero-order valence-corrected chi connectivity index (χ0v) is 32.0. The maximum Gasteiger partial charge on any atom is 0.143 e. The highest BCUT2D eigenvalue weighted by atomic mass is 16.3. The molecular weight excluding hydrogens is 719 g/mol. The molecule has 0 amide bonds. The minimum Gasteiger partial charge on any atom is -0.456 e. The standard InChI is InChI=1S/C56H35NO2/c1-2-14-37(15-3-1)53-45-19-6-4-16-42(45)43-17-5-7-20-46(43)54(53)38-30-34-40(35-31-38)57(49-24-13-27-52-55(49)48-21-9-11-26-51(48)58-52)39-32-28-36(29-33-39)41-22-12-23-47-44-18-8-10-25-50(44)59-56(41)47/h1-35H. The second kappa shape index (κ2) is 13.4. The second-order valence-electron chi connectivity index (χ2n) is 15.2. The molecule has 0 N–H and O–H groups in total. The highest BCUT2D eigenvalue weighted by Gasteiger charge is 2.22. The summed E-state index contributed by atoms with van der Waals surface area (Å²) in [6, 6.07) is 75.7. The molecule has 59 heavy (non-hydrogen) atoms. The highest BCUT2D eigenvalue weighted by molar-refractivity contribution is 6.22. The van der Waals surface area contributed by atoms with Gasteiger partial charge in [-0.2, -0.15) is 0 Å². The lowest BCUT2D eigenvalue weighted by atomic mass is 9.85. The van der Waals surface area contributed by atoms with Gasteiger partial charge in [0.2, 0.25) is 0 Å². The van der Waals surface area contributed by atoms with E-state index >= 15 is 0 Å². The molecule has 3 nitrogen and oxygen atoms in total. The average Bonchev–Trinajstić information content (AvgIpc) is 3.89. The summed E-state index contributed by atoms with van der Waals surface area (Å²) < 4.78 is 12.9. The molecule has 276 valence electrons.